The van der Waals surface area contributed by atoms with Crippen LogP contribution in [0.2, 0.25) is 0 Å². The molecule has 0 aliphatic heterocycles. The van der Waals surface area contributed by atoms with Crippen LogP contribution in [0.25, 0.3) is 0 Å². The largest absolute Gasteiger partial charge is 0.284 e. The van der Waals surface area contributed by atoms with E-state index < -0.39 is 10.0 Å². The Bertz CT molecular complexity index is 312. The van der Waals surface area contributed by atoms with Crippen LogP contribution in [0.4, 0.5) is 0 Å². The monoisotopic (exact) mass is 187 g/mol. The van der Waals surface area contributed by atoms with Crippen LogP contribution in [-0.2, 0) is 10.0 Å². The molecule has 0 spiro atoms. The summed E-state index contributed by atoms with van der Waals surface area (Å²) in [5.74, 6) is 0. The van der Waals surface area contributed by atoms with Gasteiger partial charge in [-0.2, -0.15) is 0 Å². The number of hydrogen-bond donors (Lipinski definition) is 1. The van der Waals surface area contributed by atoms with Gasteiger partial charge in [0.05, 0.1) is 6.26 Å². The molecule has 0 rings (SSSR count). The van der Waals surface area contributed by atoms with E-state index in [1.807, 2.05) is 0 Å². The fourth-order valence-corrected chi connectivity index (χ4v) is 1.18. The van der Waals surface area contributed by atoms with Gasteiger partial charge >= 0.3 is 0 Å². The van der Waals surface area contributed by atoms with Gasteiger partial charge in [-0.1, -0.05) is 18.7 Å². The molecule has 0 atom stereocenters. The van der Waals surface area contributed by atoms with Crippen molar-refractivity contribution >= 4 is 10.0 Å². The highest BCUT2D eigenvalue weighted by Gasteiger charge is 2.00. The molecule has 0 radical (unpaired) electrons. The maximum absolute atomic E-state index is 10.8. The van der Waals surface area contributed by atoms with Gasteiger partial charge in [0.15, 0.2) is 0 Å². The van der Waals surface area contributed by atoms with Crippen molar-refractivity contribution in [3.8, 4) is 0 Å². The highest BCUT2D eigenvalue weighted by Crippen LogP contribution is 1.98. The van der Waals surface area contributed by atoms with Crippen molar-refractivity contribution in [2.45, 2.75) is 6.92 Å². The third kappa shape index (κ3) is 5.73. The Morgan fingerprint density at radius 3 is 2.25 bits per heavy atom. The predicted octanol–water partition coefficient (Wildman–Crippen LogP) is 1.18. The number of nitrogens with one attached hydrogen (secondary N) is 1. The van der Waals surface area contributed by atoms with Crippen LogP contribution in [-0.4, -0.2) is 14.7 Å². The summed E-state index contributed by atoms with van der Waals surface area (Å²) < 4.78 is 23.8. The standard InChI is InChI=1S/C8H13NO2S/c1-5-8(6-7(2)3)9-12(4,10)11/h5-6,9H,1-2H2,3-4H3/b8-6+. The van der Waals surface area contributed by atoms with Crippen molar-refractivity contribution in [3.05, 3.63) is 36.6 Å². The molecule has 4 heteroatoms. The van der Waals surface area contributed by atoms with Crippen molar-refractivity contribution in [1.82, 2.24) is 4.72 Å². The minimum atomic E-state index is -3.21. The van der Waals surface area contributed by atoms with E-state index in [-0.39, 0.29) is 0 Å². The Labute approximate surface area is 73.5 Å². The molecular formula is C8H13NO2S. The fourth-order valence-electron chi connectivity index (χ4n) is 0.610. The lowest BCUT2D eigenvalue weighted by atomic mass is 10.3. The van der Waals surface area contributed by atoms with Gasteiger partial charge in [-0.3, -0.25) is 4.72 Å². The van der Waals surface area contributed by atoms with E-state index in [0.717, 1.165) is 11.8 Å². The van der Waals surface area contributed by atoms with Crippen molar-refractivity contribution in [1.29, 1.82) is 0 Å². The summed E-state index contributed by atoms with van der Waals surface area (Å²) in [7, 11) is -3.21. The molecule has 0 aromatic carbocycles. The third-order valence-electron chi connectivity index (χ3n) is 0.925. The number of rotatable bonds is 4. The lowest BCUT2D eigenvalue weighted by Gasteiger charge is -2.03. The van der Waals surface area contributed by atoms with Gasteiger partial charge in [0.1, 0.15) is 0 Å². The van der Waals surface area contributed by atoms with E-state index in [4.69, 9.17) is 0 Å². The first-order valence-electron chi connectivity index (χ1n) is 3.32. The summed E-state index contributed by atoms with van der Waals surface area (Å²) >= 11 is 0. The molecule has 68 valence electrons. The van der Waals surface area contributed by atoms with Crippen LogP contribution in [0.3, 0.4) is 0 Å². The molecule has 0 aromatic rings. The SMILES string of the molecule is C=C/C(=C\C(=C)C)NS(C)(=O)=O. The topological polar surface area (TPSA) is 46.2 Å². The molecule has 0 bridgehead atoms. The van der Waals surface area contributed by atoms with E-state index in [1.54, 1.807) is 13.0 Å². The minimum absolute atomic E-state index is 0.435. The van der Waals surface area contributed by atoms with Gasteiger partial charge in [-0.05, 0) is 19.1 Å². The highest BCUT2D eigenvalue weighted by molar-refractivity contribution is 7.88. The van der Waals surface area contributed by atoms with E-state index in [1.165, 1.54) is 6.08 Å². The second kappa shape index (κ2) is 4.11. The Balaban J connectivity index is 4.61. The summed E-state index contributed by atoms with van der Waals surface area (Å²) in [5.41, 5.74) is 1.20. The van der Waals surface area contributed by atoms with Crippen LogP contribution in [0.15, 0.2) is 36.6 Å². The van der Waals surface area contributed by atoms with Crippen LogP contribution in [0, 0.1) is 0 Å². The predicted molar refractivity (Wildman–Crippen MR) is 51.1 cm³/mol. The van der Waals surface area contributed by atoms with Crippen LogP contribution in [0.1, 0.15) is 6.92 Å². The van der Waals surface area contributed by atoms with Crippen LogP contribution >= 0.6 is 0 Å². The van der Waals surface area contributed by atoms with Crippen molar-refractivity contribution in [2.75, 3.05) is 6.26 Å². The van der Waals surface area contributed by atoms with Crippen molar-refractivity contribution in [3.63, 3.8) is 0 Å². The van der Waals surface area contributed by atoms with Crippen molar-refractivity contribution < 1.29 is 8.42 Å². The Kier molecular flexibility index (Phi) is 3.76. The molecule has 0 heterocycles. The van der Waals surface area contributed by atoms with E-state index >= 15 is 0 Å². The smallest absolute Gasteiger partial charge is 0.229 e. The summed E-state index contributed by atoms with van der Waals surface area (Å²) in [6, 6.07) is 0. The summed E-state index contributed by atoms with van der Waals surface area (Å²) in [6.45, 7) is 8.85. The maximum atomic E-state index is 10.8. The first kappa shape index (κ1) is 11.0. The molecule has 0 unspecified atom stereocenters. The van der Waals surface area contributed by atoms with Gasteiger partial charge in [-0.15, -0.1) is 0 Å². The molecule has 0 saturated carbocycles. The first-order valence-corrected chi connectivity index (χ1v) is 5.21. The van der Waals surface area contributed by atoms with Gasteiger partial charge in [0.2, 0.25) is 10.0 Å². The Morgan fingerprint density at radius 2 is 2.00 bits per heavy atom. The van der Waals surface area contributed by atoms with Crippen LogP contribution < -0.4 is 4.72 Å². The lowest BCUT2D eigenvalue weighted by molar-refractivity contribution is 0.595. The summed E-state index contributed by atoms with van der Waals surface area (Å²) in [4.78, 5) is 0. The van der Waals surface area contributed by atoms with E-state index in [0.29, 0.717) is 5.70 Å². The first-order chi connectivity index (χ1) is 5.35. The third-order valence-corrected chi connectivity index (χ3v) is 1.53. The quantitative estimate of drug-likeness (QED) is 0.672. The molecule has 0 saturated heterocycles. The van der Waals surface area contributed by atoms with Gasteiger partial charge in [0.25, 0.3) is 0 Å². The molecule has 0 amide bonds. The number of allylic oxidation sites excluding steroid dienone is 3. The maximum Gasteiger partial charge on any atom is 0.229 e. The molecule has 1 N–H and O–H groups in total. The Hall–Kier alpha value is -1.03. The molecule has 0 aromatic heterocycles. The molecule has 0 fully saturated rings. The molecule has 0 aliphatic carbocycles. The zero-order valence-corrected chi connectivity index (χ0v) is 8.11. The normalized spacial score (nSPS) is 12.3. The lowest BCUT2D eigenvalue weighted by Crippen LogP contribution is -2.20. The van der Waals surface area contributed by atoms with Crippen LogP contribution in [0.5, 0.6) is 0 Å². The summed E-state index contributed by atoms with van der Waals surface area (Å²) in [5, 5.41) is 0. The molecule has 12 heavy (non-hydrogen) atoms. The van der Waals surface area contributed by atoms with Crippen molar-refractivity contribution in [2.24, 2.45) is 0 Å². The number of hydrogen-bond acceptors (Lipinski definition) is 2. The van der Waals surface area contributed by atoms with E-state index in [2.05, 4.69) is 17.9 Å². The average molecular weight is 187 g/mol. The summed E-state index contributed by atoms with van der Waals surface area (Å²) in [6.07, 6.45) is 4.12. The molecular weight excluding hydrogens is 174 g/mol. The highest BCUT2D eigenvalue weighted by atomic mass is 32.2. The van der Waals surface area contributed by atoms with Gasteiger partial charge in [-0.25, -0.2) is 8.42 Å². The van der Waals surface area contributed by atoms with Gasteiger partial charge in [0, 0.05) is 5.70 Å². The Morgan fingerprint density at radius 1 is 1.50 bits per heavy atom. The molecule has 0 aliphatic rings. The second-order valence-corrected chi connectivity index (χ2v) is 4.27. The fraction of sp³-hybridized carbons (Fsp3) is 0.250. The second-order valence-electron chi connectivity index (χ2n) is 2.52. The van der Waals surface area contributed by atoms with Gasteiger partial charge < -0.3 is 0 Å². The number of sulfonamides is 1. The minimum Gasteiger partial charge on any atom is -0.284 e. The molecule has 3 nitrogen and oxygen atoms in total. The average Bonchev–Trinajstić information content (AvgIpc) is 1.82. The zero-order chi connectivity index (χ0) is 9.78. The zero-order valence-electron chi connectivity index (χ0n) is 7.29. The van der Waals surface area contributed by atoms with E-state index in [9.17, 15) is 8.42 Å².